The van der Waals surface area contributed by atoms with Crippen LogP contribution in [0, 0.1) is 0 Å². The zero-order valence-corrected chi connectivity index (χ0v) is 9.45. The zero-order valence-electron chi connectivity index (χ0n) is 8.64. The molecule has 0 bridgehead atoms. The van der Waals surface area contributed by atoms with Gasteiger partial charge in [0.1, 0.15) is 10.7 Å². The number of aromatic nitrogens is 3. The zero-order chi connectivity index (χ0) is 10.7. The molecule has 0 aliphatic carbocycles. The van der Waals surface area contributed by atoms with E-state index in [2.05, 4.69) is 27.4 Å². The van der Waals surface area contributed by atoms with Gasteiger partial charge in [0, 0.05) is 6.20 Å². The fraction of sp³-hybridized carbons (Fsp3) is 0.300. The van der Waals surface area contributed by atoms with Crippen LogP contribution in [0.15, 0.2) is 24.4 Å². The molecule has 1 N–H and O–H groups in total. The summed E-state index contributed by atoms with van der Waals surface area (Å²) in [7, 11) is 1.91. The van der Waals surface area contributed by atoms with Gasteiger partial charge in [0.25, 0.3) is 0 Å². The Bertz CT molecular complexity index is 426. The largest absolute Gasteiger partial charge is 0.311 e. The van der Waals surface area contributed by atoms with Crippen LogP contribution >= 0.6 is 11.3 Å². The lowest BCUT2D eigenvalue weighted by Gasteiger charge is -2.02. The van der Waals surface area contributed by atoms with Crippen molar-refractivity contribution >= 4 is 11.3 Å². The summed E-state index contributed by atoms with van der Waals surface area (Å²) in [5, 5.41) is 13.2. The van der Waals surface area contributed by atoms with Gasteiger partial charge in [0.15, 0.2) is 5.01 Å². The van der Waals surface area contributed by atoms with Crippen molar-refractivity contribution in [2.45, 2.75) is 13.0 Å². The summed E-state index contributed by atoms with van der Waals surface area (Å²) < 4.78 is 0. The minimum atomic E-state index is 0.236. The Hall–Kier alpha value is -1.33. The molecule has 78 valence electrons. The van der Waals surface area contributed by atoms with Crippen molar-refractivity contribution in [3.63, 3.8) is 0 Å². The van der Waals surface area contributed by atoms with Crippen molar-refractivity contribution in [1.29, 1.82) is 0 Å². The molecule has 2 rings (SSSR count). The lowest BCUT2D eigenvalue weighted by Crippen LogP contribution is -2.11. The second-order valence-corrected chi connectivity index (χ2v) is 4.18. The highest BCUT2D eigenvalue weighted by Gasteiger charge is 2.11. The highest BCUT2D eigenvalue weighted by atomic mass is 32.1. The van der Waals surface area contributed by atoms with Gasteiger partial charge < -0.3 is 5.32 Å². The van der Waals surface area contributed by atoms with Gasteiger partial charge in [-0.25, -0.2) is 0 Å². The van der Waals surface area contributed by atoms with Crippen LogP contribution in [-0.2, 0) is 0 Å². The summed E-state index contributed by atoms with van der Waals surface area (Å²) in [5.41, 5.74) is 0.879. The van der Waals surface area contributed by atoms with Crippen LogP contribution in [0.4, 0.5) is 0 Å². The number of hydrogen-bond donors (Lipinski definition) is 1. The predicted molar refractivity (Wildman–Crippen MR) is 60.6 cm³/mol. The third kappa shape index (κ3) is 2.19. The second kappa shape index (κ2) is 4.46. The number of hydrogen-bond acceptors (Lipinski definition) is 5. The second-order valence-electron chi connectivity index (χ2n) is 3.17. The van der Waals surface area contributed by atoms with Crippen LogP contribution in [-0.4, -0.2) is 22.2 Å². The molecule has 0 saturated carbocycles. The van der Waals surface area contributed by atoms with E-state index in [1.165, 1.54) is 0 Å². The Morgan fingerprint density at radius 3 is 2.87 bits per heavy atom. The predicted octanol–water partition coefficient (Wildman–Crippen LogP) is 1.88. The fourth-order valence-electron chi connectivity index (χ4n) is 1.13. The van der Waals surface area contributed by atoms with Gasteiger partial charge in [-0.05, 0) is 26.1 Å². The Labute approximate surface area is 92.4 Å². The van der Waals surface area contributed by atoms with Crippen LogP contribution in [0.2, 0.25) is 0 Å². The molecule has 0 spiro atoms. The average molecular weight is 220 g/mol. The van der Waals surface area contributed by atoms with Gasteiger partial charge in [0.2, 0.25) is 0 Å². The van der Waals surface area contributed by atoms with Gasteiger partial charge in [0.05, 0.1) is 6.04 Å². The van der Waals surface area contributed by atoms with E-state index < -0.39 is 0 Å². The molecule has 0 radical (unpaired) electrons. The van der Waals surface area contributed by atoms with Crippen molar-refractivity contribution in [3.05, 3.63) is 29.4 Å². The Morgan fingerprint density at radius 1 is 1.33 bits per heavy atom. The van der Waals surface area contributed by atoms with Gasteiger partial charge >= 0.3 is 0 Å². The molecular formula is C10H12N4S. The van der Waals surface area contributed by atoms with Gasteiger partial charge in [-0.1, -0.05) is 17.4 Å². The van der Waals surface area contributed by atoms with E-state index in [0.717, 1.165) is 15.7 Å². The van der Waals surface area contributed by atoms with Crippen LogP contribution < -0.4 is 5.32 Å². The first kappa shape index (κ1) is 10.2. The number of rotatable bonds is 3. The fourth-order valence-corrected chi connectivity index (χ4v) is 2.01. The molecule has 1 unspecified atom stereocenters. The SMILES string of the molecule is CNC(C)c1nnc(-c2ccccn2)s1. The lowest BCUT2D eigenvalue weighted by molar-refractivity contribution is 0.640. The topological polar surface area (TPSA) is 50.7 Å². The molecule has 0 aliphatic heterocycles. The van der Waals surface area contributed by atoms with E-state index in [0.29, 0.717) is 0 Å². The first-order valence-electron chi connectivity index (χ1n) is 4.73. The molecular weight excluding hydrogens is 208 g/mol. The Balaban J connectivity index is 2.28. The monoisotopic (exact) mass is 220 g/mol. The highest BCUT2D eigenvalue weighted by Crippen LogP contribution is 2.24. The molecule has 0 saturated heterocycles. The van der Waals surface area contributed by atoms with Crippen LogP contribution in [0.5, 0.6) is 0 Å². The summed E-state index contributed by atoms with van der Waals surface area (Å²) in [5.74, 6) is 0. The van der Waals surface area contributed by atoms with Crippen LogP contribution in [0.3, 0.4) is 0 Å². The summed E-state index contributed by atoms with van der Waals surface area (Å²) in [6.07, 6.45) is 1.76. The van der Waals surface area contributed by atoms with Crippen molar-refractivity contribution in [1.82, 2.24) is 20.5 Å². The molecule has 2 aromatic rings. The average Bonchev–Trinajstić information content (AvgIpc) is 2.78. The van der Waals surface area contributed by atoms with Gasteiger partial charge in [-0.2, -0.15) is 0 Å². The smallest absolute Gasteiger partial charge is 0.166 e. The van der Waals surface area contributed by atoms with Gasteiger partial charge in [-0.15, -0.1) is 10.2 Å². The van der Waals surface area contributed by atoms with Crippen LogP contribution in [0.25, 0.3) is 10.7 Å². The molecule has 15 heavy (non-hydrogen) atoms. The lowest BCUT2D eigenvalue weighted by atomic mass is 10.4. The molecule has 5 heteroatoms. The quantitative estimate of drug-likeness (QED) is 0.858. The molecule has 0 fully saturated rings. The maximum absolute atomic E-state index is 4.23. The van der Waals surface area contributed by atoms with Crippen molar-refractivity contribution < 1.29 is 0 Å². The molecule has 2 aromatic heterocycles. The highest BCUT2D eigenvalue weighted by molar-refractivity contribution is 7.14. The van der Waals surface area contributed by atoms with Crippen molar-refractivity contribution in [2.24, 2.45) is 0 Å². The van der Waals surface area contributed by atoms with Gasteiger partial charge in [-0.3, -0.25) is 4.98 Å². The Kier molecular flexibility index (Phi) is 3.03. The normalized spacial score (nSPS) is 12.7. The third-order valence-corrected chi connectivity index (χ3v) is 3.26. The van der Waals surface area contributed by atoms with Crippen molar-refractivity contribution in [2.75, 3.05) is 7.05 Å². The summed E-state index contributed by atoms with van der Waals surface area (Å²) >= 11 is 1.57. The molecule has 0 aliphatic rings. The van der Waals surface area contributed by atoms with E-state index in [-0.39, 0.29) is 6.04 Å². The molecule has 0 amide bonds. The first-order valence-corrected chi connectivity index (χ1v) is 5.55. The van der Waals surface area contributed by atoms with E-state index >= 15 is 0 Å². The van der Waals surface area contributed by atoms with E-state index in [9.17, 15) is 0 Å². The maximum atomic E-state index is 4.23. The molecule has 0 aromatic carbocycles. The van der Waals surface area contributed by atoms with E-state index in [1.807, 2.05) is 25.2 Å². The Morgan fingerprint density at radius 2 is 2.20 bits per heavy atom. The maximum Gasteiger partial charge on any atom is 0.166 e. The minimum absolute atomic E-state index is 0.236. The standard InChI is InChI=1S/C10H12N4S/c1-7(11-2)9-13-14-10(15-9)8-5-3-4-6-12-8/h3-7,11H,1-2H3. The molecule has 1 atom stereocenters. The molecule has 2 heterocycles. The summed E-state index contributed by atoms with van der Waals surface area (Å²) in [6.45, 7) is 2.06. The third-order valence-electron chi connectivity index (χ3n) is 2.13. The van der Waals surface area contributed by atoms with E-state index in [1.54, 1.807) is 17.5 Å². The summed E-state index contributed by atoms with van der Waals surface area (Å²) in [4.78, 5) is 4.23. The van der Waals surface area contributed by atoms with Crippen molar-refractivity contribution in [3.8, 4) is 10.7 Å². The summed E-state index contributed by atoms with van der Waals surface area (Å²) in [6, 6.07) is 6.01. The van der Waals surface area contributed by atoms with Crippen LogP contribution in [0.1, 0.15) is 18.0 Å². The number of nitrogens with zero attached hydrogens (tertiary/aromatic N) is 3. The van der Waals surface area contributed by atoms with E-state index in [4.69, 9.17) is 0 Å². The number of nitrogens with one attached hydrogen (secondary N) is 1. The first-order chi connectivity index (χ1) is 7.31. The number of pyridine rings is 1. The molecule has 4 nitrogen and oxygen atoms in total. The minimum Gasteiger partial charge on any atom is -0.311 e.